The molecular formula is C15H19NO3. The first-order chi connectivity index (χ1) is 8.98. The monoisotopic (exact) mass is 261 g/mol. The molecule has 1 aliphatic rings. The van der Waals surface area contributed by atoms with E-state index in [9.17, 15) is 4.79 Å². The minimum absolute atomic E-state index is 0.0310. The molecule has 0 saturated carbocycles. The molecular weight excluding hydrogens is 242 g/mol. The van der Waals surface area contributed by atoms with Gasteiger partial charge in [-0.05, 0) is 26.0 Å². The quantitative estimate of drug-likeness (QED) is 0.783. The van der Waals surface area contributed by atoms with E-state index in [1.54, 1.807) is 13.2 Å². The molecule has 1 heterocycles. The topological polar surface area (TPSA) is 47.9 Å². The number of ketones is 1. The summed E-state index contributed by atoms with van der Waals surface area (Å²) in [5.41, 5.74) is 1.03. The maximum atomic E-state index is 12.1. The molecule has 0 atom stereocenters. The van der Waals surface area contributed by atoms with Crippen LogP contribution < -0.4 is 4.74 Å². The van der Waals surface area contributed by atoms with E-state index in [0.29, 0.717) is 30.2 Å². The second-order valence-corrected chi connectivity index (χ2v) is 5.18. The maximum Gasteiger partial charge on any atom is 0.217 e. The van der Waals surface area contributed by atoms with E-state index in [4.69, 9.17) is 9.47 Å². The van der Waals surface area contributed by atoms with Gasteiger partial charge in [-0.2, -0.15) is 0 Å². The molecule has 1 aliphatic heterocycles. The Morgan fingerprint density at radius 3 is 2.74 bits per heavy atom. The maximum absolute atomic E-state index is 12.1. The van der Waals surface area contributed by atoms with Crippen molar-refractivity contribution in [2.45, 2.75) is 32.7 Å². The van der Waals surface area contributed by atoms with Crippen molar-refractivity contribution in [1.82, 2.24) is 0 Å². The van der Waals surface area contributed by atoms with Crippen molar-refractivity contribution in [2.75, 3.05) is 13.7 Å². The highest BCUT2D eigenvalue weighted by atomic mass is 16.5. The van der Waals surface area contributed by atoms with Gasteiger partial charge in [0.25, 0.3) is 0 Å². The summed E-state index contributed by atoms with van der Waals surface area (Å²) < 4.78 is 10.9. The molecule has 4 nitrogen and oxygen atoms in total. The molecule has 0 amide bonds. The fourth-order valence-corrected chi connectivity index (χ4v) is 2.07. The van der Waals surface area contributed by atoms with Crippen LogP contribution in [0.15, 0.2) is 23.2 Å². The molecule has 1 aromatic rings. The first kappa shape index (κ1) is 13.6. The van der Waals surface area contributed by atoms with Gasteiger partial charge in [-0.25, -0.2) is 4.99 Å². The second-order valence-electron chi connectivity index (χ2n) is 5.18. The standard InChI is InChI=1S/C15H19NO3/c1-5-11(17)13-10(7-6-8-12(13)18-4)14-16-15(2,3)9-19-14/h6-8H,5,9H2,1-4H3. The van der Waals surface area contributed by atoms with Gasteiger partial charge in [0.1, 0.15) is 12.4 Å². The fraction of sp³-hybridized carbons (Fsp3) is 0.467. The summed E-state index contributed by atoms with van der Waals surface area (Å²) in [6.45, 7) is 6.36. The molecule has 102 valence electrons. The number of carbonyl (C=O) groups excluding carboxylic acids is 1. The lowest BCUT2D eigenvalue weighted by Crippen LogP contribution is -2.17. The number of carbonyl (C=O) groups is 1. The van der Waals surface area contributed by atoms with E-state index in [1.807, 2.05) is 32.9 Å². The molecule has 0 spiro atoms. The minimum atomic E-state index is -0.245. The summed E-state index contributed by atoms with van der Waals surface area (Å²) in [6.07, 6.45) is 0.421. The summed E-state index contributed by atoms with van der Waals surface area (Å²) in [7, 11) is 1.56. The zero-order valence-corrected chi connectivity index (χ0v) is 11.8. The Bertz CT molecular complexity index is 532. The van der Waals surface area contributed by atoms with Crippen LogP contribution in [-0.4, -0.2) is 30.9 Å². The van der Waals surface area contributed by atoms with Gasteiger partial charge in [0.2, 0.25) is 5.90 Å². The largest absolute Gasteiger partial charge is 0.496 e. The van der Waals surface area contributed by atoms with Crippen molar-refractivity contribution in [1.29, 1.82) is 0 Å². The van der Waals surface area contributed by atoms with Crippen LogP contribution >= 0.6 is 0 Å². The van der Waals surface area contributed by atoms with Gasteiger partial charge in [-0.15, -0.1) is 0 Å². The number of benzene rings is 1. The summed E-state index contributed by atoms with van der Waals surface area (Å²) >= 11 is 0. The first-order valence-electron chi connectivity index (χ1n) is 6.41. The normalized spacial score (nSPS) is 16.7. The predicted molar refractivity (Wildman–Crippen MR) is 74.2 cm³/mol. The highest BCUT2D eigenvalue weighted by Crippen LogP contribution is 2.28. The third kappa shape index (κ3) is 2.62. The van der Waals surface area contributed by atoms with Crippen LogP contribution in [0, 0.1) is 0 Å². The van der Waals surface area contributed by atoms with Crippen LogP contribution in [0.5, 0.6) is 5.75 Å². The number of rotatable bonds is 4. The Morgan fingerprint density at radius 1 is 1.47 bits per heavy atom. The van der Waals surface area contributed by atoms with Gasteiger partial charge >= 0.3 is 0 Å². The molecule has 0 fully saturated rings. The van der Waals surface area contributed by atoms with Crippen molar-refractivity contribution in [3.8, 4) is 5.75 Å². The third-order valence-corrected chi connectivity index (χ3v) is 3.04. The first-order valence-corrected chi connectivity index (χ1v) is 6.41. The number of methoxy groups -OCH3 is 1. The van der Waals surface area contributed by atoms with Gasteiger partial charge < -0.3 is 9.47 Å². The van der Waals surface area contributed by atoms with E-state index in [1.165, 1.54) is 0 Å². The van der Waals surface area contributed by atoms with E-state index in [-0.39, 0.29) is 11.3 Å². The van der Waals surface area contributed by atoms with E-state index in [2.05, 4.69) is 4.99 Å². The lowest BCUT2D eigenvalue weighted by Gasteiger charge is -2.11. The molecule has 0 N–H and O–H groups in total. The molecule has 1 aromatic carbocycles. The summed E-state index contributed by atoms with van der Waals surface area (Å²) in [5.74, 6) is 1.13. The van der Waals surface area contributed by atoms with Gasteiger partial charge in [-0.3, -0.25) is 4.79 Å². The zero-order valence-electron chi connectivity index (χ0n) is 11.8. The lowest BCUT2D eigenvalue weighted by molar-refractivity contribution is 0.0984. The van der Waals surface area contributed by atoms with Gasteiger partial charge in [0, 0.05) is 6.42 Å². The molecule has 2 rings (SSSR count). The van der Waals surface area contributed by atoms with Crippen LogP contribution in [0.25, 0.3) is 0 Å². The van der Waals surface area contributed by atoms with Crippen molar-refractivity contribution < 1.29 is 14.3 Å². The zero-order chi connectivity index (χ0) is 14.0. The van der Waals surface area contributed by atoms with Crippen molar-refractivity contribution in [3.05, 3.63) is 29.3 Å². The molecule has 0 saturated heterocycles. The van der Waals surface area contributed by atoms with Crippen LogP contribution in [0.3, 0.4) is 0 Å². The minimum Gasteiger partial charge on any atom is -0.496 e. The van der Waals surface area contributed by atoms with Crippen molar-refractivity contribution in [2.24, 2.45) is 4.99 Å². The number of nitrogens with zero attached hydrogens (tertiary/aromatic N) is 1. The van der Waals surface area contributed by atoms with E-state index >= 15 is 0 Å². The second kappa shape index (κ2) is 5.03. The van der Waals surface area contributed by atoms with Gasteiger partial charge in [0.05, 0.1) is 23.8 Å². The summed E-state index contributed by atoms with van der Waals surface area (Å²) in [4.78, 5) is 16.7. The molecule has 0 radical (unpaired) electrons. The van der Waals surface area contributed by atoms with E-state index < -0.39 is 0 Å². The average Bonchev–Trinajstić information content (AvgIpc) is 2.77. The highest BCUT2D eigenvalue weighted by Gasteiger charge is 2.30. The molecule has 19 heavy (non-hydrogen) atoms. The lowest BCUT2D eigenvalue weighted by atomic mass is 10.0. The summed E-state index contributed by atoms with van der Waals surface area (Å²) in [5, 5.41) is 0. The number of Topliss-reactive ketones (excluding diaryl/α,β-unsaturated/α-hetero) is 1. The predicted octanol–water partition coefficient (Wildman–Crippen LogP) is 2.84. The Hall–Kier alpha value is -1.84. The Kier molecular flexibility index (Phi) is 3.60. The smallest absolute Gasteiger partial charge is 0.217 e. The number of aliphatic imine (C=N–C) groups is 1. The molecule has 0 bridgehead atoms. The van der Waals surface area contributed by atoms with Crippen molar-refractivity contribution in [3.63, 3.8) is 0 Å². The van der Waals surface area contributed by atoms with Crippen LogP contribution in [0.1, 0.15) is 43.1 Å². The molecule has 0 aliphatic carbocycles. The Labute approximate surface area is 113 Å². The SMILES string of the molecule is CCC(=O)c1c(OC)cccc1C1=NC(C)(C)CO1. The fourth-order valence-electron chi connectivity index (χ4n) is 2.07. The number of hydrogen-bond acceptors (Lipinski definition) is 4. The highest BCUT2D eigenvalue weighted by molar-refractivity contribution is 6.10. The number of ether oxygens (including phenoxy) is 2. The van der Waals surface area contributed by atoms with E-state index in [0.717, 1.165) is 5.56 Å². The van der Waals surface area contributed by atoms with Gasteiger partial charge in [0.15, 0.2) is 5.78 Å². The average molecular weight is 261 g/mol. The van der Waals surface area contributed by atoms with Crippen LogP contribution in [0.4, 0.5) is 0 Å². The van der Waals surface area contributed by atoms with Gasteiger partial charge in [-0.1, -0.05) is 13.0 Å². The Morgan fingerprint density at radius 2 is 2.21 bits per heavy atom. The van der Waals surface area contributed by atoms with Crippen molar-refractivity contribution >= 4 is 11.7 Å². The van der Waals surface area contributed by atoms with Crippen LogP contribution in [-0.2, 0) is 4.74 Å². The summed E-state index contributed by atoms with van der Waals surface area (Å²) in [6, 6.07) is 5.48. The van der Waals surface area contributed by atoms with Crippen LogP contribution in [0.2, 0.25) is 0 Å². The third-order valence-electron chi connectivity index (χ3n) is 3.04. The molecule has 4 heteroatoms. The number of hydrogen-bond donors (Lipinski definition) is 0. The molecule has 0 aromatic heterocycles. The Balaban J connectivity index is 2.55. The molecule has 0 unspecified atom stereocenters.